The third-order valence-electron chi connectivity index (χ3n) is 7.92. The first-order chi connectivity index (χ1) is 16.7. The van der Waals surface area contributed by atoms with E-state index in [4.69, 9.17) is 4.74 Å². The molecule has 6 nitrogen and oxygen atoms in total. The number of hydrogen-bond acceptors (Lipinski definition) is 4. The Morgan fingerprint density at radius 3 is 2.50 bits per heavy atom. The summed E-state index contributed by atoms with van der Waals surface area (Å²) in [7, 11) is 0. The van der Waals surface area contributed by atoms with Crippen molar-refractivity contribution in [1.82, 2.24) is 14.7 Å². The summed E-state index contributed by atoms with van der Waals surface area (Å²) in [5.74, 6) is 1.42. The fourth-order valence-corrected chi connectivity index (χ4v) is 5.93. The van der Waals surface area contributed by atoms with Crippen molar-refractivity contribution in [1.29, 1.82) is 5.26 Å². The number of benzene rings is 1. The Hall–Kier alpha value is -2.26. The van der Waals surface area contributed by atoms with E-state index in [1.807, 2.05) is 18.2 Å². The first-order valence-electron chi connectivity index (χ1n) is 13.6. The Balaban J connectivity index is 1.18. The SMILES string of the molecule is CCCOc1ccc(C#N)cc1C1CCN(CCCCN2CCN(C3CCCCC3)C2=O)CC1. The minimum absolute atomic E-state index is 0.286. The molecule has 6 heteroatoms. The van der Waals surface area contributed by atoms with Crippen molar-refractivity contribution in [3.8, 4) is 11.8 Å². The van der Waals surface area contributed by atoms with Gasteiger partial charge >= 0.3 is 6.03 Å². The Morgan fingerprint density at radius 2 is 1.76 bits per heavy atom. The molecule has 34 heavy (non-hydrogen) atoms. The second-order valence-electron chi connectivity index (χ2n) is 10.3. The van der Waals surface area contributed by atoms with Crippen molar-refractivity contribution >= 4 is 6.03 Å². The molecule has 1 aromatic carbocycles. The molecular formula is C28H42N4O2. The van der Waals surface area contributed by atoms with E-state index in [1.165, 1.54) is 37.7 Å². The number of carbonyl (C=O) groups is 1. The number of hydrogen-bond donors (Lipinski definition) is 0. The predicted molar refractivity (Wildman–Crippen MR) is 135 cm³/mol. The van der Waals surface area contributed by atoms with E-state index in [2.05, 4.69) is 27.7 Å². The van der Waals surface area contributed by atoms with E-state index >= 15 is 0 Å². The van der Waals surface area contributed by atoms with Crippen LogP contribution in [0.1, 0.15) is 88.2 Å². The van der Waals surface area contributed by atoms with Crippen LogP contribution in [-0.4, -0.2) is 72.6 Å². The molecule has 186 valence electrons. The highest BCUT2D eigenvalue weighted by Gasteiger charge is 2.33. The Bertz CT molecular complexity index is 837. The van der Waals surface area contributed by atoms with Gasteiger partial charge in [-0.05, 0) is 94.3 Å². The van der Waals surface area contributed by atoms with E-state index in [0.717, 1.165) is 89.3 Å². The van der Waals surface area contributed by atoms with Gasteiger partial charge in [0.05, 0.1) is 18.2 Å². The second-order valence-corrected chi connectivity index (χ2v) is 10.3. The molecule has 0 aromatic heterocycles. The summed E-state index contributed by atoms with van der Waals surface area (Å²) in [4.78, 5) is 19.6. The standard InChI is InChI=1S/C28H42N4O2/c1-2-20-34-27-11-10-23(22-29)21-26(27)24-12-16-30(17-13-24)14-6-7-15-31-18-19-32(28(31)33)25-8-4-3-5-9-25/h10-11,21,24-25H,2-9,12-20H2,1H3. The number of nitriles is 1. The number of unbranched alkanes of at least 4 members (excludes halogenated alkanes) is 1. The van der Waals surface area contributed by atoms with Crippen molar-refractivity contribution in [3.05, 3.63) is 29.3 Å². The largest absolute Gasteiger partial charge is 0.493 e. The molecule has 1 aromatic rings. The molecule has 4 rings (SSSR count). The van der Waals surface area contributed by atoms with Crippen LogP contribution in [0.15, 0.2) is 18.2 Å². The zero-order chi connectivity index (χ0) is 23.8. The molecule has 0 radical (unpaired) electrons. The van der Waals surface area contributed by atoms with Crippen LogP contribution in [0, 0.1) is 11.3 Å². The Morgan fingerprint density at radius 1 is 1.00 bits per heavy atom. The minimum atomic E-state index is 0.286. The molecule has 0 N–H and O–H groups in total. The fourth-order valence-electron chi connectivity index (χ4n) is 5.93. The first-order valence-corrected chi connectivity index (χ1v) is 13.6. The molecule has 3 fully saturated rings. The summed E-state index contributed by atoms with van der Waals surface area (Å²) in [5.41, 5.74) is 1.93. The van der Waals surface area contributed by atoms with E-state index in [0.29, 0.717) is 12.0 Å². The van der Waals surface area contributed by atoms with Gasteiger partial charge in [-0.3, -0.25) is 0 Å². The van der Waals surface area contributed by atoms with Crippen LogP contribution in [-0.2, 0) is 0 Å². The van der Waals surface area contributed by atoms with Gasteiger partial charge in [-0.15, -0.1) is 0 Å². The third-order valence-corrected chi connectivity index (χ3v) is 7.92. The number of likely N-dealkylation sites (tertiary alicyclic amines) is 1. The Kier molecular flexibility index (Phi) is 9.10. The lowest BCUT2D eigenvalue weighted by atomic mass is 9.88. The highest BCUT2D eigenvalue weighted by Crippen LogP contribution is 2.35. The molecule has 2 aliphatic heterocycles. The second kappa shape index (κ2) is 12.4. The molecule has 0 spiro atoms. The Labute approximate surface area is 205 Å². The predicted octanol–water partition coefficient (Wildman–Crippen LogP) is 5.38. The van der Waals surface area contributed by atoms with Crippen LogP contribution in [0.2, 0.25) is 0 Å². The summed E-state index contributed by atoms with van der Waals surface area (Å²) in [5, 5.41) is 9.34. The van der Waals surface area contributed by atoms with Crippen LogP contribution >= 0.6 is 0 Å². The van der Waals surface area contributed by atoms with E-state index in [9.17, 15) is 10.1 Å². The lowest BCUT2D eigenvalue weighted by Crippen LogP contribution is -2.40. The van der Waals surface area contributed by atoms with E-state index in [-0.39, 0.29) is 6.03 Å². The van der Waals surface area contributed by atoms with Gasteiger partial charge in [-0.25, -0.2) is 4.79 Å². The van der Waals surface area contributed by atoms with E-state index in [1.54, 1.807) is 0 Å². The van der Waals surface area contributed by atoms with Gasteiger partial charge in [0.2, 0.25) is 0 Å². The van der Waals surface area contributed by atoms with Crippen LogP contribution in [0.3, 0.4) is 0 Å². The van der Waals surface area contributed by atoms with Gasteiger partial charge in [0, 0.05) is 25.7 Å². The molecular weight excluding hydrogens is 424 g/mol. The van der Waals surface area contributed by atoms with Gasteiger partial charge in [0.1, 0.15) is 5.75 Å². The maximum absolute atomic E-state index is 12.8. The molecule has 2 amide bonds. The number of urea groups is 1. The summed E-state index contributed by atoms with van der Waals surface area (Å²) < 4.78 is 5.99. The zero-order valence-corrected chi connectivity index (χ0v) is 21.0. The summed E-state index contributed by atoms with van der Waals surface area (Å²) >= 11 is 0. The zero-order valence-electron chi connectivity index (χ0n) is 21.0. The highest BCUT2D eigenvalue weighted by atomic mass is 16.5. The normalized spacial score (nSPS) is 20.6. The molecule has 1 aliphatic carbocycles. The first kappa shape index (κ1) is 24.9. The van der Waals surface area contributed by atoms with Gasteiger partial charge in [0.15, 0.2) is 0 Å². The lowest BCUT2D eigenvalue weighted by molar-refractivity contribution is 0.162. The highest BCUT2D eigenvalue weighted by molar-refractivity contribution is 5.76. The van der Waals surface area contributed by atoms with Crippen molar-refractivity contribution in [2.75, 3.05) is 45.9 Å². The summed E-state index contributed by atoms with van der Waals surface area (Å²) in [6.07, 6.45) is 11.7. The van der Waals surface area contributed by atoms with Gasteiger partial charge in [-0.2, -0.15) is 5.26 Å². The monoisotopic (exact) mass is 466 g/mol. The average Bonchev–Trinajstić information content (AvgIpc) is 3.26. The van der Waals surface area contributed by atoms with Crippen LogP contribution < -0.4 is 4.74 Å². The molecule has 0 unspecified atom stereocenters. The maximum Gasteiger partial charge on any atom is 0.320 e. The van der Waals surface area contributed by atoms with Crippen molar-refractivity contribution in [2.24, 2.45) is 0 Å². The van der Waals surface area contributed by atoms with Crippen LogP contribution in [0.25, 0.3) is 0 Å². The van der Waals surface area contributed by atoms with Gasteiger partial charge in [0.25, 0.3) is 0 Å². The molecule has 3 aliphatic rings. The number of carbonyl (C=O) groups excluding carboxylic acids is 1. The van der Waals surface area contributed by atoms with Crippen LogP contribution in [0.4, 0.5) is 4.79 Å². The van der Waals surface area contributed by atoms with Crippen molar-refractivity contribution < 1.29 is 9.53 Å². The molecule has 2 heterocycles. The van der Waals surface area contributed by atoms with Gasteiger partial charge < -0.3 is 19.4 Å². The number of piperidine rings is 1. The van der Waals surface area contributed by atoms with Gasteiger partial charge in [-0.1, -0.05) is 26.2 Å². The summed E-state index contributed by atoms with van der Waals surface area (Å²) in [6, 6.07) is 8.94. The number of rotatable bonds is 10. The lowest BCUT2D eigenvalue weighted by Gasteiger charge is -2.33. The smallest absolute Gasteiger partial charge is 0.320 e. The molecule has 1 saturated carbocycles. The topological polar surface area (TPSA) is 59.8 Å². The van der Waals surface area contributed by atoms with E-state index < -0.39 is 0 Å². The fraction of sp³-hybridized carbons (Fsp3) is 0.714. The number of amides is 2. The molecule has 0 bridgehead atoms. The van der Waals surface area contributed by atoms with Crippen LogP contribution in [0.5, 0.6) is 5.75 Å². The number of ether oxygens (including phenoxy) is 1. The number of nitrogens with zero attached hydrogens (tertiary/aromatic N) is 4. The van der Waals surface area contributed by atoms with Crippen molar-refractivity contribution in [2.45, 2.75) is 83.1 Å². The third kappa shape index (κ3) is 6.24. The summed E-state index contributed by atoms with van der Waals surface area (Å²) in [6.45, 7) is 8.86. The van der Waals surface area contributed by atoms with Crippen molar-refractivity contribution in [3.63, 3.8) is 0 Å². The quantitative estimate of drug-likeness (QED) is 0.435. The molecule has 2 saturated heterocycles. The average molecular weight is 467 g/mol. The minimum Gasteiger partial charge on any atom is -0.493 e. The maximum atomic E-state index is 12.8. The molecule has 0 atom stereocenters.